The Balaban J connectivity index is 1.97. The van der Waals surface area contributed by atoms with Crippen molar-refractivity contribution in [2.75, 3.05) is 32.0 Å². The van der Waals surface area contributed by atoms with E-state index in [2.05, 4.69) is 12.2 Å². The Morgan fingerprint density at radius 1 is 1.32 bits per heavy atom. The normalized spacial score (nSPS) is 12.7. The van der Waals surface area contributed by atoms with E-state index in [0.29, 0.717) is 6.79 Å². The minimum Gasteiger partial charge on any atom is -0.493 e. The van der Waals surface area contributed by atoms with Gasteiger partial charge in [0.1, 0.15) is 5.75 Å². The standard InChI is InChI=1S/C14H21NO3S/c1-3-19-6-4-5-16-12-8-14-13(17-10-18-14)7-11(12)9-15-2/h7-8,15H,3-6,9-10H2,1-2H3. The molecule has 0 saturated heterocycles. The highest BCUT2D eigenvalue weighted by molar-refractivity contribution is 7.99. The molecule has 1 N–H and O–H groups in total. The van der Waals surface area contributed by atoms with Crippen LogP contribution in [0.15, 0.2) is 12.1 Å². The van der Waals surface area contributed by atoms with Gasteiger partial charge in [-0.3, -0.25) is 0 Å². The average molecular weight is 283 g/mol. The lowest BCUT2D eigenvalue weighted by atomic mass is 10.1. The number of ether oxygens (including phenoxy) is 3. The van der Waals surface area contributed by atoms with Gasteiger partial charge in [-0.1, -0.05) is 6.92 Å². The lowest BCUT2D eigenvalue weighted by Gasteiger charge is -2.12. The summed E-state index contributed by atoms with van der Waals surface area (Å²) in [5.41, 5.74) is 1.11. The van der Waals surface area contributed by atoms with Crippen LogP contribution in [0.4, 0.5) is 0 Å². The van der Waals surface area contributed by atoms with E-state index in [4.69, 9.17) is 14.2 Å². The Hall–Kier alpha value is -1.07. The smallest absolute Gasteiger partial charge is 0.231 e. The van der Waals surface area contributed by atoms with Gasteiger partial charge in [-0.2, -0.15) is 11.8 Å². The zero-order valence-electron chi connectivity index (χ0n) is 11.5. The van der Waals surface area contributed by atoms with E-state index in [9.17, 15) is 0 Å². The molecule has 0 unspecified atom stereocenters. The largest absolute Gasteiger partial charge is 0.493 e. The maximum atomic E-state index is 5.87. The molecule has 1 aromatic carbocycles. The monoisotopic (exact) mass is 283 g/mol. The van der Waals surface area contributed by atoms with Crippen molar-refractivity contribution in [2.45, 2.75) is 19.9 Å². The third kappa shape index (κ3) is 3.94. The van der Waals surface area contributed by atoms with E-state index in [0.717, 1.165) is 53.9 Å². The summed E-state index contributed by atoms with van der Waals surface area (Å²) in [6, 6.07) is 3.93. The summed E-state index contributed by atoms with van der Waals surface area (Å²) in [6.45, 7) is 3.97. The molecule has 106 valence electrons. The van der Waals surface area contributed by atoms with Crippen molar-refractivity contribution in [1.82, 2.24) is 5.32 Å². The van der Waals surface area contributed by atoms with Crippen LogP contribution in [0.5, 0.6) is 17.2 Å². The van der Waals surface area contributed by atoms with Gasteiger partial charge in [0.15, 0.2) is 11.5 Å². The Labute approximate surface area is 118 Å². The number of hydrogen-bond acceptors (Lipinski definition) is 5. The summed E-state index contributed by atoms with van der Waals surface area (Å²) in [5, 5.41) is 3.15. The first-order valence-corrected chi connectivity index (χ1v) is 7.78. The molecule has 1 aliphatic heterocycles. The molecule has 5 heteroatoms. The maximum absolute atomic E-state index is 5.87. The van der Waals surface area contributed by atoms with E-state index < -0.39 is 0 Å². The highest BCUT2D eigenvalue weighted by Crippen LogP contribution is 2.38. The predicted octanol–water partition coefficient (Wildman–Crippen LogP) is 2.66. The first-order chi connectivity index (χ1) is 9.35. The number of fused-ring (bicyclic) bond motifs is 1. The second-order valence-corrected chi connectivity index (χ2v) is 5.64. The molecule has 0 aromatic heterocycles. The molecular formula is C14H21NO3S. The Bertz CT molecular complexity index is 412. The van der Waals surface area contributed by atoms with Gasteiger partial charge in [-0.05, 0) is 31.0 Å². The number of thioether (sulfide) groups is 1. The Kier molecular flexibility index (Phi) is 5.66. The zero-order valence-corrected chi connectivity index (χ0v) is 12.3. The van der Waals surface area contributed by atoms with Gasteiger partial charge < -0.3 is 19.5 Å². The molecule has 0 radical (unpaired) electrons. The van der Waals surface area contributed by atoms with Gasteiger partial charge in [0, 0.05) is 18.2 Å². The molecule has 2 rings (SSSR count). The quantitative estimate of drug-likeness (QED) is 0.743. The van der Waals surface area contributed by atoms with Gasteiger partial charge in [-0.25, -0.2) is 0 Å². The lowest BCUT2D eigenvalue weighted by Crippen LogP contribution is -2.08. The molecule has 0 spiro atoms. The number of rotatable bonds is 8. The van der Waals surface area contributed by atoms with Gasteiger partial charge in [0.05, 0.1) is 6.61 Å². The molecule has 4 nitrogen and oxygen atoms in total. The fraction of sp³-hybridized carbons (Fsp3) is 0.571. The molecule has 0 amide bonds. The maximum Gasteiger partial charge on any atom is 0.231 e. The van der Waals surface area contributed by atoms with Crippen molar-refractivity contribution in [3.63, 3.8) is 0 Å². The van der Waals surface area contributed by atoms with Crippen molar-refractivity contribution in [2.24, 2.45) is 0 Å². The summed E-state index contributed by atoms with van der Waals surface area (Å²) in [6.07, 6.45) is 1.06. The van der Waals surface area contributed by atoms with Gasteiger partial charge in [0.25, 0.3) is 0 Å². The number of nitrogens with one attached hydrogen (secondary N) is 1. The van der Waals surface area contributed by atoms with Crippen molar-refractivity contribution < 1.29 is 14.2 Å². The second-order valence-electron chi connectivity index (χ2n) is 4.24. The SMILES string of the molecule is CCSCCCOc1cc2c(cc1CNC)OCO2. The van der Waals surface area contributed by atoms with Crippen molar-refractivity contribution in [3.05, 3.63) is 17.7 Å². The van der Waals surface area contributed by atoms with Crippen LogP contribution in [0.25, 0.3) is 0 Å². The van der Waals surface area contributed by atoms with Crippen LogP contribution in [0, 0.1) is 0 Å². The van der Waals surface area contributed by atoms with E-state index >= 15 is 0 Å². The highest BCUT2D eigenvalue weighted by Gasteiger charge is 2.17. The van der Waals surface area contributed by atoms with Crippen LogP contribution in [0.1, 0.15) is 18.9 Å². The van der Waals surface area contributed by atoms with E-state index in [-0.39, 0.29) is 0 Å². The van der Waals surface area contributed by atoms with Gasteiger partial charge >= 0.3 is 0 Å². The van der Waals surface area contributed by atoms with Crippen LogP contribution in [-0.4, -0.2) is 32.0 Å². The highest BCUT2D eigenvalue weighted by atomic mass is 32.2. The molecule has 0 saturated carbocycles. The topological polar surface area (TPSA) is 39.7 Å². The minimum atomic E-state index is 0.297. The Morgan fingerprint density at radius 3 is 2.84 bits per heavy atom. The molecule has 19 heavy (non-hydrogen) atoms. The van der Waals surface area contributed by atoms with Crippen LogP contribution in [0.2, 0.25) is 0 Å². The van der Waals surface area contributed by atoms with Crippen molar-refractivity contribution >= 4 is 11.8 Å². The van der Waals surface area contributed by atoms with Crippen molar-refractivity contribution in [3.8, 4) is 17.2 Å². The van der Waals surface area contributed by atoms with Crippen LogP contribution >= 0.6 is 11.8 Å². The van der Waals surface area contributed by atoms with Gasteiger partial charge in [-0.15, -0.1) is 0 Å². The third-order valence-electron chi connectivity index (χ3n) is 2.82. The summed E-state index contributed by atoms with van der Waals surface area (Å²) < 4.78 is 16.7. The van der Waals surface area contributed by atoms with E-state index in [1.807, 2.05) is 30.9 Å². The lowest BCUT2D eigenvalue weighted by molar-refractivity contribution is 0.173. The summed E-state index contributed by atoms with van der Waals surface area (Å²) in [5.74, 6) is 4.77. The minimum absolute atomic E-state index is 0.297. The fourth-order valence-corrected chi connectivity index (χ4v) is 2.53. The molecule has 0 bridgehead atoms. The molecule has 1 aromatic rings. The first kappa shape index (κ1) is 14.3. The molecular weight excluding hydrogens is 262 g/mol. The van der Waals surface area contributed by atoms with Crippen LogP contribution in [-0.2, 0) is 6.54 Å². The molecule has 1 aliphatic rings. The van der Waals surface area contributed by atoms with Crippen LogP contribution < -0.4 is 19.5 Å². The van der Waals surface area contributed by atoms with E-state index in [1.54, 1.807) is 0 Å². The van der Waals surface area contributed by atoms with E-state index in [1.165, 1.54) is 0 Å². The molecule has 0 atom stereocenters. The third-order valence-corrected chi connectivity index (χ3v) is 3.80. The Morgan fingerprint density at radius 2 is 2.11 bits per heavy atom. The zero-order chi connectivity index (χ0) is 13.5. The molecule has 0 aliphatic carbocycles. The first-order valence-electron chi connectivity index (χ1n) is 6.62. The molecule has 0 fully saturated rings. The number of hydrogen-bond donors (Lipinski definition) is 1. The summed E-state index contributed by atoms with van der Waals surface area (Å²) in [4.78, 5) is 0. The average Bonchev–Trinajstić information content (AvgIpc) is 2.86. The second kappa shape index (κ2) is 7.50. The number of benzene rings is 1. The van der Waals surface area contributed by atoms with Crippen LogP contribution in [0.3, 0.4) is 0 Å². The fourth-order valence-electron chi connectivity index (χ4n) is 1.92. The predicted molar refractivity (Wildman–Crippen MR) is 78.4 cm³/mol. The summed E-state index contributed by atoms with van der Waals surface area (Å²) >= 11 is 1.94. The van der Waals surface area contributed by atoms with Gasteiger partial charge in [0.2, 0.25) is 6.79 Å². The van der Waals surface area contributed by atoms with Crippen molar-refractivity contribution in [1.29, 1.82) is 0 Å². The molecule has 1 heterocycles. The summed E-state index contributed by atoms with van der Waals surface area (Å²) in [7, 11) is 1.92.